The fourth-order valence-electron chi connectivity index (χ4n) is 2.74. The summed E-state index contributed by atoms with van der Waals surface area (Å²) in [5, 5.41) is 12.1. The van der Waals surface area contributed by atoms with Crippen molar-refractivity contribution in [2.45, 2.75) is 0 Å². The topological polar surface area (TPSA) is 103 Å². The summed E-state index contributed by atoms with van der Waals surface area (Å²) in [6, 6.07) is 20.4. The predicted molar refractivity (Wildman–Crippen MR) is 118 cm³/mol. The predicted octanol–water partition coefficient (Wildman–Crippen LogP) is 3.87. The molecule has 0 atom stereocenters. The molecule has 0 radical (unpaired) electrons. The Hall–Kier alpha value is -4.20. The van der Waals surface area contributed by atoms with Gasteiger partial charge in [-0.2, -0.15) is 0 Å². The van der Waals surface area contributed by atoms with Crippen LogP contribution in [-0.4, -0.2) is 43.9 Å². The number of carbonyl (C=O) groups is 2. The zero-order chi connectivity index (χ0) is 22.8. The zero-order valence-electron chi connectivity index (χ0n) is 17.4. The van der Waals surface area contributed by atoms with Crippen LogP contribution in [0.3, 0.4) is 0 Å². The van der Waals surface area contributed by atoms with Crippen molar-refractivity contribution in [3.05, 3.63) is 78.4 Å². The number of aromatic carboxylic acids is 1. The Morgan fingerprint density at radius 1 is 0.781 bits per heavy atom. The Morgan fingerprint density at radius 2 is 1.38 bits per heavy atom. The van der Waals surface area contributed by atoms with Crippen molar-refractivity contribution >= 4 is 17.6 Å². The first-order valence-corrected chi connectivity index (χ1v) is 9.80. The molecule has 3 aromatic rings. The Labute approximate surface area is 185 Å². The molecule has 8 heteroatoms. The van der Waals surface area contributed by atoms with E-state index in [1.807, 2.05) is 6.07 Å². The fraction of sp³-hybridized carbons (Fsp3) is 0.167. The average molecular weight is 437 g/mol. The number of methoxy groups -OCH3 is 1. The highest BCUT2D eigenvalue weighted by Crippen LogP contribution is 2.23. The van der Waals surface area contributed by atoms with Gasteiger partial charge in [0.2, 0.25) is 0 Å². The largest absolute Gasteiger partial charge is 0.497 e. The van der Waals surface area contributed by atoms with E-state index in [0.717, 1.165) is 5.75 Å². The highest BCUT2D eigenvalue weighted by Gasteiger charge is 2.14. The number of carboxylic acids is 1. The number of benzene rings is 3. The van der Waals surface area contributed by atoms with Crippen molar-refractivity contribution in [1.82, 2.24) is 0 Å². The molecule has 2 N–H and O–H groups in total. The van der Waals surface area contributed by atoms with E-state index < -0.39 is 11.9 Å². The maximum Gasteiger partial charge on any atom is 0.337 e. The van der Waals surface area contributed by atoms with Crippen LogP contribution in [0.4, 0.5) is 5.69 Å². The lowest BCUT2D eigenvalue weighted by atomic mass is 10.1. The second-order valence-corrected chi connectivity index (χ2v) is 6.53. The number of anilines is 1. The number of hydrogen-bond donors (Lipinski definition) is 2. The van der Waals surface area contributed by atoms with E-state index in [0.29, 0.717) is 17.2 Å². The summed E-state index contributed by atoms with van der Waals surface area (Å²) in [6.07, 6.45) is 0. The molecule has 0 saturated carbocycles. The number of para-hydroxylation sites is 1. The molecule has 0 spiro atoms. The molecule has 3 rings (SSSR count). The van der Waals surface area contributed by atoms with Gasteiger partial charge in [-0.05, 0) is 54.6 Å². The molecule has 0 aliphatic heterocycles. The SMILES string of the molecule is COc1ccc(OCCOc2ccc(NC(=O)COc3ccccc3)c(C(=O)O)c2)cc1. The summed E-state index contributed by atoms with van der Waals surface area (Å²) in [5.41, 5.74) is 0.0626. The summed E-state index contributed by atoms with van der Waals surface area (Å²) in [6.45, 7) is 0.232. The van der Waals surface area contributed by atoms with Gasteiger partial charge >= 0.3 is 5.97 Å². The molecule has 0 unspecified atom stereocenters. The van der Waals surface area contributed by atoms with E-state index in [-0.39, 0.29) is 31.1 Å². The zero-order valence-corrected chi connectivity index (χ0v) is 17.4. The molecule has 0 heterocycles. The van der Waals surface area contributed by atoms with Crippen molar-refractivity contribution in [3.8, 4) is 23.0 Å². The highest BCUT2D eigenvalue weighted by atomic mass is 16.5. The lowest BCUT2D eigenvalue weighted by Crippen LogP contribution is -2.21. The maximum atomic E-state index is 12.1. The molecular weight excluding hydrogens is 414 g/mol. The summed E-state index contributed by atoms with van der Waals surface area (Å²) in [7, 11) is 1.59. The van der Waals surface area contributed by atoms with Crippen LogP contribution in [0, 0.1) is 0 Å². The van der Waals surface area contributed by atoms with E-state index in [9.17, 15) is 14.7 Å². The first kappa shape index (κ1) is 22.5. The Balaban J connectivity index is 1.51. The van der Waals surface area contributed by atoms with Crippen molar-refractivity contribution in [1.29, 1.82) is 0 Å². The summed E-state index contributed by atoms with van der Waals surface area (Å²) in [5.74, 6) is 0.619. The molecule has 0 aromatic heterocycles. The van der Waals surface area contributed by atoms with Gasteiger partial charge in [0.25, 0.3) is 5.91 Å². The summed E-state index contributed by atoms with van der Waals surface area (Å²) < 4.78 is 21.6. The highest BCUT2D eigenvalue weighted by molar-refractivity contribution is 6.01. The number of hydrogen-bond acceptors (Lipinski definition) is 6. The lowest BCUT2D eigenvalue weighted by molar-refractivity contribution is -0.118. The van der Waals surface area contributed by atoms with Crippen LogP contribution in [0.25, 0.3) is 0 Å². The van der Waals surface area contributed by atoms with Gasteiger partial charge in [0.1, 0.15) is 36.2 Å². The molecular formula is C24H23NO7. The Kier molecular flexibility index (Phi) is 7.91. The molecule has 32 heavy (non-hydrogen) atoms. The molecule has 3 aromatic carbocycles. The van der Waals surface area contributed by atoms with Gasteiger partial charge in [-0.25, -0.2) is 4.79 Å². The van der Waals surface area contributed by atoms with Gasteiger partial charge in [0.05, 0.1) is 18.4 Å². The standard InChI is InChI=1S/C24H23NO7/c1-29-17-7-9-19(10-8-17)30-13-14-31-20-11-12-22(21(15-20)24(27)28)25-23(26)16-32-18-5-3-2-4-6-18/h2-12,15H,13-14,16H2,1H3,(H,25,26)(H,27,28). The van der Waals surface area contributed by atoms with E-state index >= 15 is 0 Å². The molecule has 0 bridgehead atoms. The normalized spacial score (nSPS) is 10.2. The van der Waals surface area contributed by atoms with E-state index in [1.165, 1.54) is 12.1 Å². The van der Waals surface area contributed by atoms with Crippen LogP contribution in [0.1, 0.15) is 10.4 Å². The molecule has 166 valence electrons. The minimum absolute atomic E-state index is 0.0911. The number of carboxylic acid groups (broad SMARTS) is 1. The Bertz CT molecular complexity index is 1040. The summed E-state index contributed by atoms with van der Waals surface area (Å²) in [4.78, 5) is 23.8. The lowest BCUT2D eigenvalue weighted by Gasteiger charge is -2.12. The van der Waals surface area contributed by atoms with Crippen LogP contribution < -0.4 is 24.3 Å². The first-order chi connectivity index (χ1) is 15.5. The number of carbonyl (C=O) groups excluding carboxylic acids is 1. The smallest absolute Gasteiger partial charge is 0.337 e. The number of nitrogens with one attached hydrogen (secondary N) is 1. The van der Waals surface area contributed by atoms with Gasteiger partial charge in [0.15, 0.2) is 6.61 Å². The fourth-order valence-corrected chi connectivity index (χ4v) is 2.74. The van der Waals surface area contributed by atoms with E-state index in [2.05, 4.69) is 5.32 Å². The van der Waals surface area contributed by atoms with E-state index in [1.54, 1.807) is 61.7 Å². The minimum Gasteiger partial charge on any atom is -0.497 e. The first-order valence-electron chi connectivity index (χ1n) is 9.80. The van der Waals surface area contributed by atoms with Crippen molar-refractivity contribution < 1.29 is 33.6 Å². The average Bonchev–Trinajstić information content (AvgIpc) is 2.82. The van der Waals surface area contributed by atoms with Crippen molar-refractivity contribution in [3.63, 3.8) is 0 Å². The van der Waals surface area contributed by atoms with Gasteiger partial charge in [0, 0.05) is 0 Å². The molecule has 0 saturated heterocycles. The van der Waals surface area contributed by atoms with Crippen LogP contribution in [-0.2, 0) is 4.79 Å². The molecule has 0 aliphatic rings. The third kappa shape index (κ3) is 6.66. The van der Waals surface area contributed by atoms with Crippen LogP contribution >= 0.6 is 0 Å². The number of amides is 1. The third-order valence-corrected chi connectivity index (χ3v) is 4.29. The van der Waals surface area contributed by atoms with E-state index in [4.69, 9.17) is 18.9 Å². The van der Waals surface area contributed by atoms with Gasteiger partial charge < -0.3 is 29.4 Å². The van der Waals surface area contributed by atoms with Crippen molar-refractivity contribution in [2.24, 2.45) is 0 Å². The van der Waals surface area contributed by atoms with Crippen LogP contribution in [0.5, 0.6) is 23.0 Å². The monoisotopic (exact) mass is 437 g/mol. The molecule has 1 amide bonds. The third-order valence-electron chi connectivity index (χ3n) is 4.29. The molecule has 0 fully saturated rings. The number of rotatable bonds is 11. The van der Waals surface area contributed by atoms with Crippen LogP contribution in [0.15, 0.2) is 72.8 Å². The second-order valence-electron chi connectivity index (χ2n) is 6.53. The number of ether oxygens (including phenoxy) is 4. The molecule has 8 nitrogen and oxygen atoms in total. The van der Waals surface area contributed by atoms with Crippen LogP contribution in [0.2, 0.25) is 0 Å². The summed E-state index contributed by atoms with van der Waals surface area (Å²) >= 11 is 0. The maximum absolute atomic E-state index is 12.1. The Morgan fingerprint density at radius 3 is 2.03 bits per heavy atom. The van der Waals surface area contributed by atoms with Gasteiger partial charge in [-0.15, -0.1) is 0 Å². The van der Waals surface area contributed by atoms with Gasteiger partial charge in [-0.3, -0.25) is 4.79 Å². The quantitative estimate of drug-likeness (QED) is 0.439. The molecule has 0 aliphatic carbocycles. The van der Waals surface area contributed by atoms with Crippen molar-refractivity contribution in [2.75, 3.05) is 32.2 Å². The second kappa shape index (κ2) is 11.3. The minimum atomic E-state index is -1.19. The van der Waals surface area contributed by atoms with Gasteiger partial charge in [-0.1, -0.05) is 18.2 Å².